The molecule has 2 rings (SSSR count). The maximum absolute atomic E-state index is 4.23. The topological polar surface area (TPSA) is 42.7 Å². The molecule has 0 amide bonds. The van der Waals surface area contributed by atoms with E-state index in [2.05, 4.69) is 29.2 Å². The van der Waals surface area contributed by atoms with Gasteiger partial charge in [-0.05, 0) is 24.7 Å². The highest BCUT2D eigenvalue weighted by atomic mass is 15.3. The Morgan fingerprint density at radius 1 is 1.50 bits per heavy atom. The molecule has 4 heteroatoms. The van der Waals surface area contributed by atoms with Crippen molar-refractivity contribution >= 4 is 0 Å². The number of nitrogens with zero attached hydrogens (tertiary/aromatic N) is 3. The van der Waals surface area contributed by atoms with Crippen molar-refractivity contribution in [3.05, 3.63) is 12.2 Å². The Morgan fingerprint density at radius 2 is 2.25 bits per heavy atom. The average Bonchev–Trinajstić information content (AvgIpc) is 2.98. The summed E-state index contributed by atoms with van der Waals surface area (Å²) in [4.78, 5) is 4.23. The van der Waals surface area contributed by atoms with E-state index in [9.17, 15) is 0 Å². The van der Waals surface area contributed by atoms with Crippen molar-refractivity contribution in [1.29, 1.82) is 0 Å². The second-order valence-electron chi connectivity index (χ2n) is 5.11. The summed E-state index contributed by atoms with van der Waals surface area (Å²) in [6.45, 7) is 5.61. The van der Waals surface area contributed by atoms with Crippen LogP contribution in [-0.2, 0) is 13.5 Å². The molecule has 0 saturated heterocycles. The van der Waals surface area contributed by atoms with E-state index in [0.29, 0.717) is 6.04 Å². The Balaban J connectivity index is 1.76. The molecule has 1 N–H and O–H groups in total. The van der Waals surface area contributed by atoms with Crippen LogP contribution >= 0.6 is 0 Å². The zero-order valence-electron chi connectivity index (χ0n) is 10.5. The van der Waals surface area contributed by atoms with E-state index < -0.39 is 0 Å². The molecule has 1 aromatic heterocycles. The van der Waals surface area contributed by atoms with Crippen LogP contribution in [0.25, 0.3) is 0 Å². The average molecular weight is 222 g/mol. The van der Waals surface area contributed by atoms with Gasteiger partial charge < -0.3 is 5.32 Å². The smallest absolute Gasteiger partial charge is 0.138 e. The Morgan fingerprint density at radius 3 is 2.75 bits per heavy atom. The second kappa shape index (κ2) is 4.95. The first-order valence-corrected chi connectivity index (χ1v) is 6.24. The van der Waals surface area contributed by atoms with Crippen LogP contribution in [0.2, 0.25) is 0 Å². The predicted octanol–water partition coefficient (Wildman–Crippen LogP) is 1.38. The van der Waals surface area contributed by atoms with Crippen molar-refractivity contribution in [2.75, 3.05) is 6.54 Å². The molecule has 1 aromatic rings. The number of aryl methyl sites for hydroxylation is 1. The van der Waals surface area contributed by atoms with E-state index in [-0.39, 0.29) is 0 Å². The van der Waals surface area contributed by atoms with Gasteiger partial charge in [0.2, 0.25) is 0 Å². The molecule has 4 nitrogen and oxygen atoms in total. The lowest BCUT2D eigenvalue weighted by Gasteiger charge is -2.21. The molecule has 0 aromatic carbocycles. The van der Waals surface area contributed by atoms with E-state index in [1.54, 1.807) is 6.33 Å². The predicted molar refractivity (Wildman–Crippen MR) is 64.1 cm³/mol. The first kappa shape index (κ1) is 11.6. The first-order valence-electron chi connectivity index (χ1n) is 6.24. The van der Waals surface area contributed by atoms with Gasteiger partial charge in [0.15, 0.2) is 0 Å². The summed E-state index contributed by atoms with van der Waals surface area (Å²) in [5.41, 5.74) is 0. The molecule has 16 heavy (non-hydrogen) atoms. The normalized spacial score (nSPS) is 18.0. The Kier molecular flexibility index (Phi) is 3.59. The summed E-state index contributed by atoms with van der Waals surface area (Å²) in [5.74, 6) is 2.71. The standard InChI is InChI=1S/C12H22N4/c1-9(2)12(10-4-5-10)13-7-6-11-14-8-15-16(11)3/h8-10,12-13H,4-7H2,1-3H3. The highest BCUT2D eigenvalue weighted by Gasteiger charge is 2.32. The quantitative estimate of drug-likeness (QED) is 0.791. The third-order valence-electron chi connectivity index (χ3n) is 3.38. The number of aromatic nitrogens is 3. The van der Waals surface area contributed by atoms with E-state index in [1.165, 1.54) is 12.8 Å². The van der Waals surface area contributed by atoms with Gasteiger partial charge in [-0.15, -0.1) is 0 Å². The molecular formula is C12H22N4. The minimum atomic E-state index is 0.688. The van der Waals surface area contributed by atoms with Crippen LogP contribution < -0.4 is 5.32 Å². The molecular weight excluding hydrogens is 200 g/mol. The van der Waals surface area contributed by atoms with E-state index in [1.807, 2.05) is 11.7 Å². The largest absolute Gasteiger partial charge is 0.313 e. The highest BCUT2D eigenvalue weighted by Crippen LogP contribution is 2.35. The molecule has 0 spiro atoms. The molecule has 1 heterocycles. The van der Waals surface area contributed by atoms with Crippen LogP contribution in [0.1, 0.15) is 32.5 Å². The molecule has 0 bridgehead atoms. The minimum absolute atomic E-state index is 0.688. The van der Waals surface area contributed by atoms with Crippen LogP contribution in [0.15, 0.2) is 6.33 Å². The van der Waals surface area contributed by atoms with Gasteiger partial charge in [0.25, 0.3) is 0 Å². The zero-order valence-corrected chi connectivity index (χ0v) is 10.5. The third-order valence-corrected chi connectivity index (χ3v) is 3.38. The second-order valence-corrected chi connectivity index (χ2v) is 5.11. The van der Waals surface area contributed by atoms with Gasteiger partial charge in [-0.3, -0.25) is 4.68 Å². The minimum Gasteiger partial charge on any atom is -0.313 e. The molecule has 90 valence electrons. The summed E-state index contributed by atoms with van der Waals surface area (Å²) in [5, 5.41) is 7.74. The summed E-state index contributed by atoms with van der Waals surface area (Å²) < 4.78 is 1.85. The molecule has 0 radical (unpaired) electrons. The lowest BCUT2D eigenvalue weighted by molar-refractivity contribution is 0.361. The lowest BCUT2D eigenvalue weighted by atomic mass is 9.99. The lowest BCUT2D eigenvalue weighted by Crippen LogP contribution is -2.37. The van der Waals surface area contributed by atoms with Gasteiger partial charge in [-0.1, -0.05) is 13.8 Å². The van der Waals surface area contributed by atoms with Crippen LogP contribution in [0.4, 0.5) is 0 Å². The fourth-order valence-corrected chi connectivity index (χ4v) is 2.30. The fraction of sp³-hybridized carbons (Fsp3) is 0.833. The molecule has 1 aliphatic rings. The monoisotopic (exact) mass is 222 g/mol. The van der Waals surface area contributed by atoms with Crippen LogP contribution in [0.5, 0.6) is 0 Å². The Bertz CT molecular complexity index is 326. The number of nitrogens with one attached hydrogen (secondary N) is 1. The maximum atomic E-state index is 4.23. The summed E-state index contributed by atoms with van der Waals surface area (Å²) in [6, 6.07) is 0.688. The van der Waals surface area contributed by atoms with Crippen molar-refractivity contribution < 1.29 is 0 Å². The van der Waals surface area contributed by atoms with Crippen LogP contribution in [-0.4, -0.2) is 27.4 Å². The number of hydrogen-bond donors (Lipinski definition) is 1. The summed E-state index contributed by atoms with van der Waals surface area (Å²) in [7, 11) is 1.95. The van der Waals surface area contributed by atoms with Crippen LogP contribution in [0.3, 0.4) is 0 Å². The molecule has 1 saturated carbocycles. The van der Waals surface area contributed by atoms with E-state index in [0.717, 1.165) is 30.6 Å². The number of hydrogen-bond acceptors (Lipinski definition) is 3. The summed E-state index contributed by atoms with van der Waals surface area (Å²) in [6.07, 6.45) is 5.39. The molecule has 1 aliphatic carbocycles. The molecule has 0 aliphatic heterocycles. The fourth-order valence-electron chi connectivity index (χ4n) is 2.30. The van der Waals surface area contributed by atoms with Gasteiger partial charge in [-0.25, -0.2) is 4.98 Å². The van der Waals surface area contributed by atoms with Gasteiger partial charge >= 0.3 is 0 Å². The van der Waals surface area contributed by atoms with Gasteiger partial charge in [0.1, 0.15) is 12.2 Å². The van der Waals surface area contributed by atoms with Crippen molar-refractivity contribution in [2.24, 2.45) is 18.9 Å². The number of rotatable bonds is 6. The highest BCUT2D eigenvalue weighted by molar-refractivity contribution is 4.90. The van der Waals surface area contributed by atoms with Crippen molar-refractivity contribution in [3.8, 4) is 0 Å². The Labute approximate surface area is 97.5 Å². The molecule has 1 fully saturated rings. The van der Waals surface area contributed by atoms with Crippen LogP contribution in [0, 0.1) is 11.8 Å². The zero-order chi connectivity index (χ0) is 11.5. The van der Waals surface area contributed by atoms with Crippen molar-refractivity contribution in [1.82, 2.24) is 20.1 Å². The third kappa shape index (κ3) is 2.82. The van der Waals surface area contributed by atoms with Gasteiger partial charge in [0, 0.05) is 26.1 Å². The van der Waals surface area contributed by atoms with E-state index >= 15 is 0 Å². The molecule has 1 unspecified atom stereocenters. The van der Waals surface area contributed by atoms with Gasteiger partial charge in [0.05, 0.1) is 0 Å². The van der Waals surface area contributed by atoms with Gasteiger partial charge in [-0.2, -0.15) is 5.10 Å². The van der Waals surface area contributed by atoms with Crippen molar-refractivity contribution in [2.45, 2.75) is 39.2 Å². The Hall–Kier alpha value is -0.900. The van der Waals surface area contributed by atoms with Crippen molar-refractivity contribution in [3.63, 3.8) is 0 Å². The van der Waals surface area contributed by atoms with E-state index in [4.69, 9.17) is 0 Å². The molecule has 1 atom stereocenters. The summed E-state index contributed by atoms with van der Waals surface area (Å²) >= 11 is 0. The SMILES string of the molecule is CC(C)C(NCCc1ncnn1C)C1CC1. The first-order chi connectivity index (χ1) is 7.68. The maximum Gasteiger partial charge on any atom is 0.138 e.